The number of carbonyl (C=O) groups is 2. The maximum atomic E-state index is 13.1. The van der Waals surface area contributed by atoms with Gasteiger partial charge in [0.15, 0.2) is 0 Å². The maximum Gasteiger partial charge on any atom is 0.266 e. The van der Waals surface area contributed by atoms with Crippen LogP contribution in [0.15, 0.2) is 77.2 Å². The van der Waals surface area contributed by atoms with E-state index in [4.69, 9.17) is 12.2 Å². The van der Waals surface area contributed by atoms with Crippen LogP contribution in [0.2, 0.25) is 0 Å². The molecule has 1 aliphatic heterocycles. The first-order valence-electron chi connectivity index (χ1n) is 11.0. The summed E-state index contributed by atoms with van der Waals surface area (Å²) in [5.41, 5.74) is 2.80. The van der Waals surface area contributed by atoms with Gasteiger partial charge in [-0.05, 0) is 50.5 Å². The molecule has 1 aliphatic rings. The number of allylic oxidation sites excluding steroid dienone is 2. The molecule has 1 fully saturated rings. The minimum atomic E-state index is -0.332. The molecule has 1 saturated heterocycles. The number of benzene rings is 2. The van der Waals surface area contributed by atoms with Crippen molar-refractivity contribution in [1.82, 2.24) is 9.80 Å². The van der Waals surface area contributed by atoms with Crippen molar-refractivity contribution in [1.29, 1.82) is 0 Å². The number of thiocarbonyl (C=S) groups is 1. The first kappa shape index (κ1) is 24.9. The third-order valence-corrected chi connectivity index (χ3v) is 6.65. The molecule has 0 unspecified atom stereocenters. The highest BCUT2D eigenvalue weighted by molar-refractivity contribution is 8.26. The molecule has 2 aromatic carbocycles. The van der Waals surface area contributed by atoms with Crippen LogP contribution in [0.4, 0.5) is 0 Å². The van der Waals surface area contributed by atoms with E-state index in [0.717, 1.165) is 16.7 Å². The number of amides is 2. The van der Waals surface area contributed by atoms with Crippen molar-refractivity contribution in [2.45, 2.75) is 46.2 Å². The Morgan fingerprint density at radius 1 is 1.06 bits per heavy atom. The Kier molecular flexibility index (Phi) is 8.27. The highest BCUT2D eigenvalue weighted by atomic mass is 32.2. The third-order valence-electron chi connectivity index (χ3n) is 5.27. The van der Waals surface area contributed by atoms with Crippen molar-refractivity contribution in [3.05, 3.63) is 88.3 Å². The van der Waals surface area contributed by atoms with Gasteiger partial charge in [-0.2, -0.15) is 0 Å². The average Bonchev–Trinajstić information content (AvgIpc) is 3.03. The predicted molar refractivity (Wildman–Crippen MR) is 141 cm³/mol. The smallest absolute Gasteiger partial charge is 0.266 e. The van der Waals surface area contributed by atoms with Crippen LogP contribution in [-0.2, 0) is 16.1 Å². The lowest BCUT2D eigenvalue weighted by Crippen LogP contribution is -2.46. The number of carbonyl (C=O) groups excluding carboxylic acids is 2. The zero-order valence-electron chi connectivity index (χ0n) is 19.6. The molecule has 2 amide bonds. The number of thioether (sulfide) groups is 1. The van der Waals surface area contributed by atoms with Gasteiger partial charge < -0.3 is 4.90 Å². The van der Waals surface area contributed by atoms with Gasteiger partial charge in [0.1, 0.15) is 4.32 Å². The highest BCUT2D eigenvalue weighted by Gasteiger charge is 2.33. The van der Waals surface area contributed by atoms with E-state index in [1.807, 2.05) is 105 Å². The summed E-state index contributed by atoms with van der Waals surface area (Å²) in [4.78, 5) is 30.1. The Hall–Kier alpha value is -2.70. The van der Waals surface area contributed by atoms with Crippen molar-refractivity contribution in [2.75, 3.05) is 6.54 Å². The highest BCUT2D eigenvalue weighted by Crippen LogP contribution is 2.32. The minimum absolute atomic E-state index is 0.00420. The molecule has 0 atom stereocenters. The van der Waals surface area contributed by atoms with Gasteiger partial charge in [-0.1, -0.05) is 90.7 Å². The fourth-order valence-corrected chi connectivity index (χ4v) is 4.92. The van der Waals surface area contributed by atoms with Crippen molar-refractivity contribution >= 4 is 46.2 Å². The number of nitrogens with zero attached hydrogens (tertiary/aromatic N) is 2. The van der Waals surface area contributed by atoms with Crippen LogP contribution in [0, 0.1) is 0 Å². The van der Waals surface area contributed by atoms with Crippen LogP contribution in [0.25, 0.3) is 6.08 Å². The minimum Gasteiger partial charge on any atom is -0.333 e. The quantitative estimate of drug-likeness (QED) is 0.359. The summed E-state index contributed by atoms with van der Waals surface area (Å²) in [5.74, 6) is -0.131. The molecule has 3 rings (SSSR count). The molecule has 0 bridgehead atoms. The summed E-state index contributed by atoms with van der Waals surface area (Å²) in [6, 6.07) is 19.9. The topological polar surface area (TPSA) is 40.6 Å². The van der Waals surface area contributed by atoms with E-state index in [2.05, 4.69) is 0 Å². The Labute approximate surface area is 206 Å². The molecule has 0 N–H and O–H groups in total. The van der Waals surface area contributed by atoms with Gasteiger partial charge in [0, 0.05) is 25.0 Å². The van der Waals surface area contributed by atoms with Crippen LogP contribution in [0.5, 0.6) is 0 Å². The Balaban J connectivity index is 1.66. The largest absolute Gasteiger partial charge is 0.333 e. The van der Waals surface area contributed by atoms with Gasteiger partial charge in [0.2, 0.25) is 5.91 Å². The molecular formula is C27H30N2O2S2. The molecule has 6 heteroatoms. The zero-order chi connectivity index (χ0) is 24.0. The molecule has 2 aromatic rings. The van der Waals surface area contributed by atoms with Crippen LogP contribution >= 0.6 is 24.0 Å². The van der Waals surface area contributed by atoms with Gasteiger partial charge >= 0.3 is 0 Å². The molecule has 172 valence electrons. The van der Waals surface area contributed by atoms with Crippen LogP contribution in [0.3, 0.4) is 0 Å². The molecule has 33 heavy (non-hydrogen) atoms. The summed E-state index contributed by atoms with van der Waals surface area (Å²) in [5, 5.41) is 0. The lowest BCUT2D eigenvalue weighted by molar-refractivity contribution is -0.137. The SMILES string of the molecule is CC(=C\c1ccccc1)/C=C1/SC(=S)N(CCC(=O)N(Cc2ccccc2)C(C)(C)C)C1=O. The van der Waals surface area contributed by atoms with Gasteiger partial charge in [-0.15, -0.1) is 0 Å². The van der Waals surface area contributed by atoms with Crippen molar-refractivity contribution < 1.29 is 9.59 Å². The monoisotopic (exact) mass is 478 g/mol. The summed E-state index contributed by atoms with van der Waals surface area (Å²) < 4.78 is 0.497. The lowest BCUT2D eigenvalue weighted by Gasteiger charge is -2.36. The Bertz CT molecular complexity index is 1070. The molecular weight excluding hydrogens is 448 g/mol. The van der Waals surface area contributed by atoms with Crippen molar-refractivity contribution in [2.24, 2.45) is 0 Å². The first-order chi connectivity index (χ1) is 15.6. The second-order valence-corrected chi connectivity index (χ2v) is 10.7. The summed E-state index contributed by atoms with van der Waals surface area (Å²) in [6.07, 6.45) is 4.12. The molecule has 1 heterocycles. The van der Waals surface area contributed by atoms with E-state index in [-0.39, 0.29) is 30.3 Å². The van der Waals surface area contributed by atoms with E-state index in [1.165, 1.54) is 11.8 Å². The molecule has 4 nitrogen and oxygen atoms in total. The fourth-order valence-electron chi connectivity index (χ4n) is 3.56. The standard InChI is InChI=1S/C27H30N2O2S2/c1-20(17-21-11-7-5-8-12-21)18-23-25(31)28(26(32)33-23)16-15-24(30)29(27(2,3)4)19-22-13-9-6-10-14-22/h5-14,17-18H,15-16,19H2,1-4H3/b20-17+,23-18+. The molecule has 0 saturated carbocycles. The average molecular weight is 479 g/mol. The zero-order valence-corrected chi connectivity index (χ0v) is 21.2. The van der Waals surface area contributed by atoms with E-state index in [9.17, 15) is 9.59 Å². The van der Waals surface area contributed by atoms with Gasteiger partial charge in [0.05, 0.1) is 4.91 Å². The van der Waals surface area contributed by atoms with Gasteiger partial charge in [0.25, 0.3) is 5.91 Å². The number of hydrogen-bond donors (Lipinski definition) is 0. The molecule has 0 aromatic heterocycles. The van der Waals surface area contributed by atoms with E-state index < -0.39 is 0 Å². The van der Waals surface area contributed by atoms with E-state index >= 15 is 0 Å². The Morgan fingerprint density at radius 3 is 2.27 bits per heavy atom. The van der Waals surface area contributed by atoms with Gasteiger partial charge in [-0.3, -0.25) is 14.5 Å². The second kappa shape index (κ2) is 10.9. The number of rotatable bonds is 7. The fraction of sp³-hybridized carbons (Fsp3) is 0.296. The van der Waals surface area contributed by atoms with Crippen LogP contribution in [0.1, 0.15) is 45.2 Å². The normalized spacial score (nSPS) is 15.9. The van der Waals surface area contributed by atoms with Crippen LogP contribution < -0.4 is 0 Å². The predicted octanol–water partition coefficient (Wildman–Crippen LogP) is 6.05. The first-order valence-corrected chi connectivity index (χ1v) is 12.2. The summed E-state index contributed by atoms with van der Waals surface area (Å²) in [7, 11) is 0. The van der Waals surface area contributed by atoms with Crippen molar-refractivity contribution in [3.8, 4) is 0 Å². The van der Waals surface area contributed by atoms with E-state index in [0.29, 0.717) is 15.8 Å². The molecule has 0 radical (unpaired) electrons. The summed E-state index contributed by atoms with van der Waals surface area (Å²) in [6.45, 7) is 8.86. The van der Waals surface area contributed by atoms with Gasteiger partial charge in [-0.25, -0.2) is 0 Å². The summed E-state index contributed by atoms with van der Waals surface area (Å²) >= 11 is 6.75. The molecule has 0 spiro atoms. The number of hydrogen-bond acceptors (Lipinski definition) is 4. The van der Waals surface area contributed by atoms with E-state index in [1.54, 1.807) is 4.90 Å². The van der Waals surface area contributed by atoms with Crippen LogP contribution in [-0.4, -0.2) is 38.0 Å². The molecule has 0 aliphatic carbocycles. The third kappa shape index (κ3) is 6.89. The Morgan fingerprint density at radius 2 is 1.67 bits per heavy atom. The maximum absolute atomic E-state index is 13.1. The lowest BCUT2D eigenvalue weighted by atomic mass is 10.0. The second-order valence-electron chi connectivity index (χ2n) is 9.02. The van der Waals surface area contributed by atoms with Crippen molar-refractivity contribution in [3.63, 3.8) is 0 Å².